The largest absolute Gasteiger partial charge is 0.326 e. The Labute approximate surface area is 88.3 Å². The van der Waals surface area contributed by atoms with Crippen molar-refractivity contribution in [3.63, 3.8) is 0 Å². The summed E-state index contributed by atoms with van der Waals surface area (Å²) in [5.74, 6) is 0. The fraction of sp³-hybridized carbons (Fsp3) is 0.538. The van der Waals surface area contributed by atoms with E-state index in [9.17, 15) is 0 Å². The predicted molar refractivity (Wildman–Crippen MR) is 64.3 cm³/mol. The minimum atomic E-state index is 0.647. The van der Waals surface area contributed by atoms with E-state index in [2.05, 4.69) is 31.2 Å². The molecule has 1 aromatic rings. The second-order valence-electron chi connectivity index (χ2n) is 3.12. The van der Waals surface area contributed by atoms with Crippen LogP contribution in [0.25, 0.3) is 0 Å². The Kier molecular flexibility index (Phi) is 8.25. The quantitative estimate of drug-likeness (QED) is 0.778. The van der Waals surface area contributed by atoms with Gasteiger partial charge in [0.05, 0.1) is 0 Å². The van der Waals surface area contributed by atoms with Crippen molar-refractivity contribution in [1.82, 2.24) is 0 Å². The van der Waals surface area contributed by atoms with Crippen LogP contribution in [0.4, 0.5) is 0 Å². The standard InChI is InChI=1S/C11H17N.C2H6/c1-2-3-4-10-5-7-11(9-12)8-6-10;1-2/h5-8H,2-4,9,12H2,1H3;1-2H3. The van der Waals surface area contributed by atoms with Crippen molar-refractivity contribution >= 4 is 0 Å². The molecular weight excluding hydrogens is 170 g/mol. The third-order valence-electron chi connectivity index (χ3n) is 2.08. The molecule has 0 fully saturated rings. The van der Waals surface area contributed by atoms with Crippen LogP contribution >= 0.6 is 0 Å². The first-order chi connectivity index (χ1) is 6.86. The van der Waals surface area contributed by atoms with Gasteiger partial charge in [-0.05, 0) is 24.0 Å². The van der Waals surface area contributed by atoms with Crippen LogP contribution in [0.15, 0.2) is 24.3 Å². The maximum atomic E-state index is 5.50. The van der Waals surface area contributed by atoms with Gasteiger partial charge in [-0.2, -0.15) is 0 Å². The summed E-state index contributed by atoms with van der Waals surface area (Å²) in [6.45, 7) is 6.86. The molecule has 0 aromatic heterocycles. The predicted octanol–water partition coefficient (Wildman–Crippen LogP) is 3.51. The summed E-state index contributed by atoms with van der Waals surface area (Å²) in [6, 6.07) is 8.59. The van der Waals surface area contributed by atoms with E-state index < -0.39 is 0 Å². The van der Waals surface area contributed by atoms with Crippen molar-refractivity contribution in [3.05, 3.63) is 35.4 Å². The highest BCUT2D eigenvalue weighted by molar-refractivity contribution is 5.22. The van der Waals surface area contributed by atoms with Crippen molar-refractivity contribution in [2.24, 2.45) is 5.73 Å². The fourth-order valence-corrected chi connectivity index (χ4v) is 1.22. The molecule has 80 valence electrons. The number of rotatable bonds is 4. The van der Waals surface area contributed by atoms with Crippen molar-refractivity contribution in [1.29, 1.82) is 0 Å². The van der Waals surface area contributed by atoms with Crippen LogP contribution < -0.4 is 5.73 Å². The number of hydrogen-bond donors (Lipinski definition) is 1. The van der Waals surface area contributed by atoms with Crippen LogP contribution in [0.5, 0.6) is 0 Å². The molecule has 0 heterocycles. The Balaban J connectivity index is 0.000000791. The maximum Gasteiger partial charge on any atom is 0.0178 e. The molecule has 0 spiro atoms. The highest BCUT2D eigenvalue weighted by atomic mass is 14.5. The number of unbranched alkanes of at least 4 members (excludes halogenated alkanes) is 1. The van der Waals surface area contributed by atoms with Gasteiger partial charge in [0.2, 0.25) is 0 Å². The molecule has 1 rings (SSSR count). The van der Waals surface area contributed by atoms with Crippen molar-refractivity contribution in [3.8, 4) is 0 Å². The Morgan fingerprint density at radius 1 is 1.00 bits per heavy atom. The molecule has 0 atom stereocenters. The molecule has 0 saturated heterocycles. The molecule has 1 heteroatoms. The average Bonchev–Trinajstić information content (AvgIpc) is 2.30. The van der Waals surface area contributed by atoms with Crippen LogP contribution in [0.1, 0.15) is 44.7 Å². The third-order valence-corrected chi connectivity index (χ3v) is 2.08. The summed E-state index contributed by atoms with van der Waals surface area (Å²) in [7, 11) is 0. The molecule has 14 heavy (non-hydrogen) atoms. The Morgan fingerprint density at radius 3 is 1.93 bits per heavy atom. The fourth-order valence-electron chi connectivity index (χ4n) is 1.22. The first-order valence-electron chi connectivity index (χ1n) is 5.64. The first-order valence-corrected chi connectivity index (χ1v) is 5.64. The normalized spacial score (nSPS) is 9.14. The van der Waals surface area contributed by atoms with Crippen LogP contribution in [-0.4, -0.2) is 0 Å². The molecule has 0 saturated carbocycles. The van der Waals surface area contributed by atoms with Gasteiger partial charge in [-0.3, -0.25) is 0 Å². The summed E-state index contributed by atoms with van der Waals surface area (Å²) >= 11 is 0. The number of aryl methyl sites for hydroxylation is 1. The van der Waals surface area contributed by atoms with Crippen LogP contribution in [0.2, 0.25) is 0 Å². The van der Waals surface area contributed by atoms with Crippen LogP contribution in [-0.2, 0) is 13.0 Å². The molecule has 0 radical (unpaired) electrons. The minimum absolute atomic E-state index is 0.647. The van der Waals surface area contributed by atoms with Gasteiger partial charge in [0.1, 0.15) is 0 Å². The smallest absolute Gasteiger partial charge is 0.0178 e. The Hall–Kier alpha value is -0.820. The van der Waals surface area contributed by atoms with E-state index in [1.807, 2.05) is 13.8 Å². The van der Waals surface area contributed by atoms with E-state index >= 15 is 0 Å². The van der Waals surface area contributed by atoms with Gasteiger partial charge in [-0.25, -0.2) is 0 Å². The van der Waals surface area contributed by atoms with Crippen molar-refractivity contribution < 1.29 is 0 Å². The molecular formula is C13H23N. The van der Waals surface area contributed by atoms with E-state index in [1.54, 1.807) is 0 Å². The Bertz CT molecular complexity index is 213. The number of benzene rings is 1. The van der Waals surface area contributed by atoms with Gasteiger partial charge in [-0.1, -0.05) is 51.5 Å². The Morgan fingerprint density at radius 2 is 1.50 bits per heavy atom. The molecule has 0 unspecified atom stereocenters. The zero-order chi connectivity index (χ0) is 10.8. The summed E-state index contributed by atoms with van der Waals surface area (Å²) in [5, 5.41) is 0. The van der Waals surface area contributed by atoms with Gasteiger partial charge in [0.25, 0.3) is 0 Å². The average molecular weight is 193 g/mol. The monoisotopic (exact) mass is 193 g/mol. The summed E-state index contributed by atoms with van der Waals surface area (Å²) in [5.41, 5.74) is 8.14. The van der Waals surface area contributed by atoms with Gasteiger partial charge in [0.15, 0.2) is 0 Å². The first kappa shape index (κ1) is 13.2. The van der Waals surface area contributed by atoms with Gasteiger partial charge in [0, 0.05) is 6.54 Å². The van der Waals surface area contributed by atoms with Gasteiger partial charge < -0.3 is 5.73 Å². The molecule has 1 nitrogen and oxygen atoms in total. The zero-order valence-corrected chi connectivity index (χ0v) is 9.72. The second kappa shape index (κ2) is 8.76. The lowest BCUT2D eigenvalue weighted by molar-refractivity contribution is 0.794. The summed E-state index contributed by atoms with van der Waals surface area (Å²) < 4.78 is 0. The van der Waals surface area contributed by atoms with Crippen LogP contribution in [0, 0.1) is 0 Å². The van der Waals surface area contributed by atoms with Gasteiger partial charge in [-0.15, -0.1) is 0 Å². The highest BCUT2D eigenvalue weighted by Crippen LogP contribution is 2.06. The molecule has 0 bridgehead atoms. The van der Waals surface area contributed by atoms with E-state index in [4.69, 9.17) is 5.73 Å². The second-order valence-corrected chi connectivity index (χ2v) is 3.12. The summed E-state index contributed by atoms with van der Waals surface area (Å²) in [6.07, 6.45) is 3.74. The molecule has 0 aliphatic heterocycles. The van der Waals surface area contributed by atoms with E-state index in [1.165, 1.54) is 30.4 Å². The number of nitrogens with two attached hydrogens (primary N) is 1. The van der Waals surface area contributed by atoms with E-state index in [0.717, 1.165) is 0 Å². The molecule has 0 amide bonds. The van der Waals surface area contributed by atoms with E-state index in [0.29, 0.717) is 6.54 Å². The minimum Gasteiger partial charge on any atom is -0.326 e. The topological polar surface area (TPSA) is 26.0 Å². The highest BCUT2D eigenvalue weighted by Gasteiger charge is 1.92. The maximum absolute atomic E-state index is 5.50. The lowest BCUT2D eigenvalue weighted by Gasteiger charge is -2.00. The molecule has 0 aliphatic rings. The lowest BCUT2D eigenvalue weighted by Crippen LogP contribution is -1.95. The lowest BCUT2D eigenvalue weighted by atomic mass is 10.1. The summed E-state index contributed by atoms with van der Waals surface area (Å²) in [4.78, 5) is 0. The number of hydrogen-bond acceptors (Lipinski definition) is 1. The third kappa shape index (κ3) is 5.03. The van der Waals surface area contributed by atoms with Crippen molar-refractivity contribution in [2.75, 3.05) is 0 Å². The molecule has 2 N–H and O–H groups in total. The molecule has 1 aromatic carbocycles. The van der Waals surface area contributed by atoms with Crippen LogP contribution in [0.3, 0.4) is 0 Å². The van der Waals surface area contributed by atoms with Gasteiger partial charge >= 0.3 is 0 Å². The molecule has 0 aliphatic carbocycles. The SMILES string of the molecule is CC.CCCCc1ccc(CN)cc1. The zero-order valence-electron chi connectivity index (χ0n) is 9.72. The van der Waals surface area contributed by atoms with E-state index in [-0.39, 0.29) is 0 Å². The van der Waals surface area contributed by atoms with Crippen molar-refractivity contribution in [2.45, 2.75) is 46.6 Å².